The van der Waals surface area contributed by atoms with Crippen LogP contribution in [0.15, 0.2) is 22.7 Å². The monoisotopic (exact) mass is 282 g/mol. The largest absolute Gasteiger partial charge is 0.368 e. The summed E-state index contributed by atoms with van der Waals surface area (Å²) in [6, 6.07) is 7.65. The maximum atomic E-state index is 3.56. The first-order valence-corrected chi connectivity index (χ1v) is 6.62. The molecule has 16 heavy (non-hydrogen) atoms. The molecule has 0 amide bonds. The number of nitrogens with one attached hydrogen (secondary N) is 1. The van der Waals surface area contributed by atoms with E-state index >= 15 is 0 Å². The molecule has 0 spiro atoms. The molecule has 1 aliphatic heterocycles. The molecule has 1 heterocycles. The molecule has 2 atom stereocenters. The van der Waals surface area contributed by atoms with Crippen molar-refractivity contribution in [2.45, 2.75) is 32.9 Å². The van der Waals surface area contributed by atoms with Crippen LogP contribution >= 0.6 is 15.9 Å². The Morgan fingerprint density at radius 2 is 1.88 bits per heavy atom. The van der Waals surface area contributed by atoms with Gasteiger partial charge in [0, 0.05) is 35.3 Å². The number of hydrogen-bond donors (Lipinski definition) is 1. The zero-order chi connectivity index (χ0) is 11.7. The minimum absolute atomic E-state index is 0.562. The standard InChI is InChI=1S/C13H19BrN2/c1-9-6-12(14)4-5-13(9)16-7-10(2)15-11(3)8-16/h4-6,10-11,15H,7-8H2,1-3H3. The predicted molar refractivity (Wildman–Crippen MR) is 73.2 cm³/mol. The van der Waals surface area contributed by atoms with Crippen molar-refractivity contribution in [1.29, 1.82) is 0 Å². The molecule has 1 N–H and O–H groups in total. The number of anilines is 1. The number of benzene rings is 1. The lowest BCUT2D eigenvalue weighted by Crippen LogP contribution is -2.54. The Balaban J connectivity index is 2.23. The summed E-state index contributed by atoms with van der Waals surface area (Å²) in [4.78, 5) is 2.48. The van der Waals surface area contributed by atoms with E-state index in [-0.39, 0.29) is 0 Å². The molecule has 2 unspecified atom stereocenters. The normalized spacial score (nSPS) is 25.9. The van der Waals surface area contributed by atoms with E-state index in [0.717, 1.165) is 17.6 Å². The SMILES string of the molecule is Cc1cc(Br)ccc1N1CC(C)NC(C)C1. The van der Waals surface area contributed by atoms with Crippen molar-refractivity contribution < 1.29 is 0 Å². The molecule has 1 aromatic rings. The molecule has 0 aliphatic carbocycles. The van der Waals surface area contributed by atoms with Crippen LogP contribution in [0.4, 0.5) is 5.69 Å². The molecule has 3 heteroatoms. The molecular weight excluding hydrogens is 264 g/mol. The second-order valence-electron chi connectivity index (χ2n) is 4.80. The first-order chi connectivity index (χ1) is 7.56. The summed E-state index contributed by atoms with van der Waals surface area (Å²) in [6.45, 7) is 8.85. The Kier molecular flexibility index (Phi) is 3.55. The fourth-order valence-electron chi connectivity index (χ4n) is 2.50. The van der Waals surface area contributed by atoms with Crippen molar-refractivity contribution in [1.82, 2.24) is 5.32 Å². The van der Waals surface area contributed by atoms with E-state index in [0.29, 0.717) is 12.1 Å². The topological polar surface area (TPSA) is 15.3 Å². The second kappa shape index (κ2) is 4.76. The van der Waals surface area contributed by atoms with Crippen LogP contribution in [0.2, 0.25) is 0 Å². The molecule has 0 radical (unpaired) electrons. The van der Waals surface area contributed by atoms with Crippen molar-refractivity contribution >= 4 is 21.6 Å². The van der Waals surface area contributed by atoms with Gasteiger partial charge in [-0.15, -0.1) is 0 Å². The lowest BCUT2D eigenvalue weighted by atomic mass is 10.1. The van der Waals surface area contributed by atoms with Gasteiger partial charge in [-0.1, -0.05) is 15.9 Å². The molecule has 88 valence electrons. The Morgan fingerprint density at radius 3 is 2.44 bits per heavy atom. The zero-order valence-corrected chi connectivity index (χ0v) is 11.7. The van der Waals surface area contributed by atoms with Crippen LogP contribution in [0, 0.1) is 6.92 Å². The Labute approximate surface area is 106 Å². The number of halogens is 1. The summed E-state index contributed by atoms with van der Waals surface area (Å²) < 4.78 is 1.16. The lowest BCUT2D eigenvalue weighted by Gasteiger charge is -2.38. The van der Waals surface area contributed by atoms with Gasteiger partial charge in [-0.3, -0.25) is 0 Å². The van der Waals surface area contributed by atoms with Gasteiger partial charge in [0.05, 0.1) is 0 Å². The second-order valence-corrected chi connectivity index (χ2v) is 5.72. The average Bonchev–Trinajstić information content (AvgIpc) is 2.15. The molecule has 1 aromatic carbocycles. The Hall–Kier alpha value is -0.540. The average molecular weight is 283 g/mol. The van der Waals surface area contributed by atoms with Crippen LogP contribution in [-0.2, 0) is 0 Å². The maximum Gasteiger partial charge on any atom is 0.0397 e. The predicted octanol–water partition coefficient (Wildman–Crippen LogP) is 2.94. The summed E-state index contributed by atoms with van der Waals surface area (Å²) in [5, 5.41) is 3.56. The first kappa shape index (κ1) is 11.9. The summed E-state index contributed by atoms with van der Waals surface area (Å²) in [7, 11) is 0. The fraction of sp³-hybridized carbons (Fsp3) is 0.538. The van der Waals surface area contributed by atoms with Gasteiger partial charge in [0.1, 0.15) is 0 Å². The van der Waals surface area contributed by atoms with Gasteiger partial charge in [0.15, 0.2) is 0 Å². The van der Waals surface area contributed by atoms with E-state index in [1.54, 1.807) is 0 Å². The smallest absolute Gasteiger partial charge is 0.0397 e. The van der Waals surface area contributed by atoms with Crippen molar-refractivity contribution in [3.05, 3.63) is 28.2 Å². The van der Waals surface area contributed by atoms with E-state index in [2.05, 4.69) is 65.1 Å². The molecule has 1 fully saturated rings. The molecule has 0 bridgehead atoms. The van der Waals surface area contributed by atoms with Crippen molar-refractivity contribution in [2.75, 3.05) is 18.0 Å². The summed E-state index contributed by atoms with van der Waals surface area (Å²) in [5.74, 6) is 0. The van der Waals surface area contributed by atoms with Gasteiger partial charge in [0.25, 0.3) is 0 Å². The van der Waals surface area contributed by atoms with Crippen LogP contribution in [0.3, 0.4) is 0 Å². The number of piperazine rings is 1. The third-order valence-corrected chi connectivity index (χ3v) is 3.55. The van der Waals surface area contributed by atoms with E-state index < -0.39 is 0 Å². The quantitative estimate of drug-likeness (QED) is 0.852. The molecular formula is C13H19BrN2. The van der Waals surface area contributed by atoms with Crippen molar-refractivity contribution in [3.8, 4) is 0 Å². The van der Waals surface area contributed by atoms with Gasteiger partial charge in [-0.25, -0.2) is 0 Å². The Bertz CT molecular complexity index is 368. The van der Waals surface area contributed by atoms with Gasteiger partial charge in [-0.05, 0) is 44.5 Å². The van der Waals surface area contributed by atoms with Crippen LogP contribution in [-0.4, -0.2) is 25.2 Å². The minimum atomic E-state index is 0.562. The van der Waals surface area contributed by atoms with Crippen molar-refractivity contribution in [2.24, 2.45) is 0 Å². The first-order valence-electron chi connectivity index (χ1n) is 5.83. The summed E-state index contributed by atoms with van der Waals surface area (Å²) >= 11 is 3.51. The highest BCUT2D eigenvalue weighted by molar-refractivity contribution is 9.10. The number of aryl methyl sites for hydroxylation is 1. The lowest BCUT2D eigenvalue weighted by molar-refractivity contribution is 0.406. The van der Waals surface area contributed by atoms with Gasteiger partial charge in [-0.2, -0.15) is 0 Å². The van der Waals surface area contributed by atoms with E-state index in [1.807, 2.05) is 0 Å². The number of rotatable bonds is 1. The van der Waals surface area contributed by atoms with E-state index in [4.69, 9.17) is 0 Å². The van der Waals surface area contributed by atoms with Crippen LogP contribution in [0.5, 0.6) is 0 Å². The van der Waals surface area contributed by atoms with Gasteiger partial charge >= 0.3 is 0 Å². The molecule has 0 aromatic heterocycles. The molecule has 1 aliphatic rings. The molecule has 2 nitrogen and oxygen atoms in total. The van der Waals surface area contributed by atoms with Gasteiger partial charge < -0.3 is 10.2 Å². The highest BCUT2D eigenvalue weighted by Crippen LogP contribution is 2.25. The van der Waals surface area contributed by atoms with Gasteiger partial charge in [0.2, 0.25) is 0 Å². The van der Waals surface area contributed by atoms with Crippen LogP contribution < -0.4 is 10.2 Å². The van der Waals surface area contributed by atoms with Crippen molar-refractivity contribution in [3.63, 3.8) is 0 Å². The minimum Gasteiger partial charge on any atom is -0.368 e. The highest BCUT2D eigenvalue weighted by atomic mass is 79.9. The Morgan fingerprint density at radius 1 is 1.25 bits per heavy atom. The molecule has 2 rings (SSSR count). The molecule has 0 saturated carbocycles. The number of hydrogen-bond acceptors (Lipinski definition) is 2. The van der Waals surface area contributed by atoms with E-state index in [9.17, 15) is 0 Å². The number of nitrogens with zero attached hydrogens (tertiary/aromatic N) is 1. The summed E-state index contributed by atoms with van der Waals surface area (Å²) in [5.41, 5.74) is 2.71. The maximum absolute atomic E-state index is 3.56. The molecule has 1 saturated heterocycles. The van der Waals surface area contributed by atoms with E-state index in [1.165, 1.54) is 11.3 Å². The third kappa shape index (κ3) is 2.58. The zero-order valence-electron chi connectivity index (χ0n) is 10.1. The van der Waals surface area contributed by atoms with Crippen LogP contribution in [0.1, 0.15) is 19.4 Å². The highest BCUT2D eigenvalue weighted by Gasteiger charge is 2.21. The summed E-state index contributed by atoms with van der Waals surface area (Å²) in [6.07, 6.45) is 0. The fourth-order valence-corrected chi connectivity index (χ4v) is 2.97. The third-order valence-electron chi connectivity index (χ3n) is 3.06. The van der Waals surface area contributed by atoms with Crippen LogP contribution in [0.25, 0.3) is 0 Å².